The van der Waals surface area contributed by atoms with Crippen LogP contribution in [0.25, 0.3) is 21.6 Å². The molecule has 2 heterocycles. The molecule has 1 N–H and O–H groups in total. The van der Waals surface area contributed by atoms with Crippen molar-refractivity contribution in [3.8, 4) is 10.6 Å². The minimum Gasteiger partial charge on any atom is -0.444 e. The van der Waals surface area contributed by atoms with Crippen molar-refractivity contribution in [1.82, 2.24) is 20.0 Å². The van der Waals surface area contributed by atoms with Crippen LogP contribution in [0.4, 0.5) is 9.80 Å². The summed E-state index contributed by atoms with van der Waals surface area (Å²) in [5.41, 5.74) is 5.27. The van der Waals surface area contributed by atoms with Gasteiger partial charge in [0.15, 0.2) is 0 Å². The lowest BCUT2D eigenvalue weighted by molar-refractivity contribution is 0.155. The summed E-state index contributed by atoms with van der Waals surface area (Å²) in [6.07, 6.45) is -0.532. The average Bonchev–Trinajstić information content (AvgIpc) is 3.23. The fourth-order valence-electron chi connectivity index (χ4n) is 2.95. The third-order valence-electron chi connectivity index (χ3n) is 4.48. The summed E-state index contributed by atoms with van der Waals surface area (Å²) >= 11 is 7.43. The number of ether oxygens (including phenoxy) is 1. The molecule has 0 saturated heterocycles. The van der Waals surface area contributed by atoms with Crippen LogP contribution >= 0.6 is 22.9 Å². The zero-order valence-corrected chi connectivity index (χ0v) is 17.6. The minimum absolute atomic E-state index is 0.138. The standard InChI is InChI=1S/C20H18ClN5O2S/c1-11-8-14(21)5-6-15(11)19-22-12(2)18(29-19)23-20(27)28-10-13-4-7-17-16(9-13)24-25-26(17)3/h4-9H,10H2,1-3H3,(H,23,27). The van der Waals surface area contributed by atoms with Crippen molar-refractivity contribution in [1.29, 1.82) is 0 Å². The number of carbonyl (C=O) groups excluding carboxylic acids is 1. The number of nitrogens with one attached hydrogen (secondary N) is 1. The van der Waals surface area contributed by atoms with Gasteiger partial charge in [-0.1, -0.05) is 40.3 Å². The van der Waals surface area contributed by atoms with Crippen LogP contribution in [0.2, 0.25) is 5.02 Å². The van der Waals surface area contributed by atoms with Crippen LogP contribution < -0.4 is 5.32 Å². The maximum absolute atomic E-state index is 12.3. The number of hydrogen-bond donors (Lipinski definition) is 1. The number of aromatic nitrogens is 4. The molecule has 0 bridgehead atoms. The second kappa shape index (κ2) is 7.81. The Morgan fingerprint density at radius 2 is 2.07 bits per heavy atom. The first-order chi connectivity index (χ1) is 13.9. The zero-order chi connectivity index (χ0) is 20.5. The number of carbonyl (C=O) groups is 1. The second-order valence-electron chi connectivity index (χ2n) is 6.63. The molecule has 0 spiro atoms. The molecule has 9 heteroatoms. The first kappa shape index (κ1) is 19.4. The zero-order valence-electron chi connectivity index (χ0n) is 16.1. The number of anilines is 1. The SMILES string of the molecule is Cc1cc(Cl)ccc1-c1nc(C)c(NC(=O)OCc2ccc3c(c2)nnn3C)s1. The van der Waals surface area contributed by atoms with Crippen LogP contribution in [-0.4, -0.2) is 26.1 Å². The first-order valence-corrected chi connectivity index (χ1v) is 10.1. The van der Waals surface area contributed by atoms with E-state index in [9.17, 15) is 4.79 Å². The number of thiazole rings is 1. The van der Waals surface area contributed by atoms with Crippen molar-refractivity contribution in [2.24, 2.45) is 7.05 Å². The van der Waals surface area contributed by atoms with Gasteiger partial charge in [-0.3, -0.25) is 5.32 Å². The molecule has 0 atom stereocenters. The van der Waals surface area contributed by atoms with Gasteiger partial charge >= 0.3 is 6.09 Å². The largest absolute Gasteiger partial charge is 0.444 e. The van der Waals surface area contributed by atoms with E-state index in [0.717, 1.165) is 38.4 Å². The molecule has 0 aliphatic rings. The number of halogens is 1. The normalized spacial score (nSPS) is 11.0. The second-order valence-corrected chi connectivity index (χ2v) is 8.07. The molecule has 0 aliphatic heterocycles. The van der Waals surface area contributed by atoms with E-state index < -0.39 is 6.09 Å². The fourth-order valence-corrected chi connectivity index (χ4v) is 4.22. The fraction of sp³-hybridized carbons (Fsp3) is 0.200. The number of hydrogen-bond acceptors (Lipinski definition) is 6. The molecule has 0 saturated carbocycles. The topological polar surface area (TPSA) is 81.9 Å². The monoisotopic (exact) mass is 427 g/mol. The maximum atomic E-state index is 12.3. The van der Waals surface area contributed by atoms with E-state index in [1.807, 2.05) is 57.3 Å². The number of benzene rings is 2. The van der Waals surface area contributed by atoms with Crippen molar-refractivity contribution < 1.29 is 9.53 Å². The molecule has 4 rings (SSSR count). The molecule has 0 fully saturated rings. The Labute approximate surface area is 176 Å². The van der Waals surface area contributed by atoms with Gasteiger partial charge in [0.2, 0.25) is 0 Å². The molecule has 0 radical (unpaired) electrons. The van der Waals surface area contributed by atoms with E-state index in [2.05, 4.69) is 20.6 Å². The molecule has 1 amide bonds. The Bertz CT molecular complexity index is 1220. The van der Waals surface area contributed by atoms with Crippen LogP contribution in [0.3, 0.4) is 0 Å². The molecule has 2 aromatic heterocycles. The third kappa shape index (κ3) is 4.08. The van der Waals surface area contributed by atoms with Gasteiger partial charge in [-0.15, -0.1) is 5.10 Å². The van der Waals surface area contributed by atoms with Gasteiger partial charge in [-0.2, -0.15) is 0 Å². The lowest BCUT2D eigenvalue weighted by Gasteiger charge is -2.06. The Kier molecular flexibility index (Phi) is 5.21. The summed E-state index contributed by atoms with van der Waals surface area (Å²) in [7, 11) is 1.83. The summed E-state index contributed by atoms with van der Waals surface area (Å²) in [6.45, 7) is 3.97. The molecule has 2 aromatic carbocycles. The Morgan fingerprint density at radius 1 is 1.24 bits per heavy atom. The van der Waals surface area contributed by atoms with Gasteiger partial charge < -0.3 is 4.74 Å². The Hall–Kier alpha value is -2.97. The highest BCUT2D eigenvalue weighted by atomic mass is 35.5. The van der Waals surface area contributed by atoms with Crippen molar-refractivity contribution in [3.63, 3.8) is 0 Å². The van der Waals surface area contributed by atoms with E-state index in [0.29, 0.717) is 10.0 Å². The quantitative estimate of drug-likeness (QED) is 0.489. The van der Waals surface area contributed by atoms with Crippen LogP contribution in [0.5, 0.6) is 0 Å². The first-order valence-electron chi connectivity index (χ1n) is 8.87. The van der Waals surface area contributed by atoms with Gasteiger partial charge in [0.05, 0.1) is 11.2 Å². The summed E-state index contributed by atoms with van der Waals surface area (Å²) < 4.78 is 7.05. The van der Waals surface area contributed by atoms with E-state index in [4.69, 9.17) is 16.3 Å². The highest BCUT2D eigenvalue weighted by Crippen LogP contribution is 2.34. The predicted molar refractivity (Wildman–Crippen MR) is 114 cm³/mol. The maximum Gasteiger partial charge on any atom is 0.412 e. The van der Waals surface area contributed by atoms with Crippen molar-refractivity contribution >= 4 is 45.1 Å². The van der Waals surface area contributed by atoms with Crippen LogP contribution in [0, 0.1) is 13.8 Å². The van der Waals surface area contributed by atoms with E-state index in [1.165, 1.54) is 11.3 Å². The summed E-state index contributed by atoms with van der Waals surface area (Å²) in [4.78, 5) is 16.8. The molecule has 0 unspecified atom stereocenters. The highest BCUT2D eigenvalue weighted by molar-refractivity contribution is 7.19. The lowest BCUT2D eigenvalue weighted by atomic mass is 10.1. The number of aryl methyl sites for hydroxylation is 3. The number of amides is 1. The smallest absolute Gasteiger partial charge is 0.412 e. The van der Waals surface area contributed by atoms with Gasteiger partial charge in [-0.25, -0.2) is 14.5 Å². The van der Waals surface area contributed by atoms with E-state index in [-0.39, 0.29) is 6.61 Å². The highest BCUT2D eigenvalue weighted by Gasteiger charge is 2.14. The van der Waals surface area contributed by atoms with Gasteiger partial charge in [0.1, 0.15) is 22.1 Å². The Balaban J connectivity index is 1.43. The van der Waals surface area contributed by atoms with Crippen LogP contribution in [0.15, 0.2) is 36.4 Å². The van der Waals surface area contributed by atoms with Crippen molar-refractivity contribution in [2.75, 3.05) is 5.32 Å². The Morgan fingerprint density at radius 3 is 2.86 bits per heavy atom. The summed E-state index contributed by atoms with van der Waals surface area (Å²) in [5.74, 6) is 0. The number of nitrogens with zero attached hydrogens (tertiary/aromatic N) is 4. The van der Waals surface area contributed by atoms with Crippen LogP contribution in [-0.2, 0) is 18.4 Å². The molecule has 148 valence electrons. The summed E-state index contributed by atoms with van der Waals surface area (Å²) in [5, 5.41) is 13.0. The van der Waals surface area contributed by atoms with Gasteiger partial charge in [-0.05, 0) is 49.2 Å². The average molecular weight is 428 g/mol. The number of fused-ring (bicyclic) bond motifs is 1. The number of rotatable bonds is 4. The van der Waals surface area contributed by atoms with Gasteiger partial charge in [0, 0.05) is 17.6 Å². The predicted octanol–water partition coefficient (Wildman–Crippen LogP) is 5.11. The molecule has 7 nitrogen and oxygen atoms in total. The molecule has 0 aliphatic carbocycles. The van der Waals surface area contributed by atoms with Crippen LogP contribution in [0.1, 0.15) is 16.8 Å². The van der Waals surface area contributed by atoms with Gasteiger partial charge in [0.25, 0.3) is 0 Å². The minimum atomic E-state index is -0.532. The molecule has 29 heavy (non-hydrogen) atoms. The lowest BCUT2D eigenvalue weighted by Crippen LogP contribution is -2.13. The summed E-state index contributed by atoms with van der Waals surface area (Å²) in [6, 6.07) is 11.3. The molecule has 4 aromatic rings. The third-order valence-corrected chi connectivity index (χ3v) is 5.82. The van der Waals surface area contributed by atoms with Crippen molar-refractivity contribution in [3.05, 3.63) is 58.2 Å². The van der Waals surface area contributed by atoms with Crippen molar-refractivity contribution in [2.45, 2.75) is 20.5 Å². The molecular weight excluding hydrogens is 410 g/mol. The molecular formula is C20H18ClN5O2S. The van der Waals surface area contributed by atoms with E-state index in [1.54, 1.807) is 4.68 Å². The van der Waals surface area contributed by atoms with E-state index >= 15 is 0 Å².